The second kappa shape index (κ2) is 13.4. The molecule has 0 unspecified atom stereocenters. The highest BCUT2D eigenvalue weighted by Crippen LogP contribution is 2.32. The molecule has 0 N–H and O–H groups in total. The smallest absolute Gasteiger partial charge is 0.303 e. The van der Waals surface area contributed by atoms with Crippen molar-refractivity contribution >= 4 is 34.8 Å². The van der Waals surface area contributed by atoms with E-state index in [2.05, 4.69) is 0 Å². The van der Waals surface area contributed by atoms with Gasteiger partial charge in [-0.05, 0) is 35.9 Å². The first-order chi connectivity index (χ1) is 20.5. The minimum Gasteiger partial charge on any atom is -0.497 e. The monoisotopic (exact) mass is 598 g/mol. The van der Waals surface area contributed by atoms with Gasteiger partial charge in [-0.25, -0.2) is 0 Å². The molecule has 2 heterocycles. The summed E-state index contributed by atoms with van der Waals surface area (Å²) in [7, 11) is 1.53. The molecule has 3 aromatic rings. The molecule has 0 spiro atoms. The van der Waals surface area contributed by atoms with Crippen molar-refractivity contribution in [3.63, 3.8) is 0 Å². The van der Waals surface area contributed by atoms with Gasteiger partial charge in [0.05, 0.1) is 18.1 Å². The van der Waals surface area contributed by atoms with Crippen LogP contribution < -0.4 is 14.9 Å². The van der Waals surface area contributed by atoms with Gasteiger partial charge < -0.3 is 37.6 Å². The minimum atomic E-state index is -1.46. The molecule has 13 heteroatoms. The average Bonchev–Trinajstić information content (AvgIpc) is 2.95. The summed E-state index contributed by atoms with van der Waals surface area (Å²) < 4.78 is 44.2. The van der Waals surface area contributed by atoms with Crippen LogP contribution in [-0.2, 0) is 42.9 Å². The van der Waals surface area contributed by atoms with Crippen LogP contribution in [0.2, 0.25) is 0 Å². The molecule has 0 aliphatic carbocycles. The van der Waals surface area contributed by atoms with Crippen LogP contribution in [0, 0.1) is 0 Å². The van der Waals surface area contributed by atoms with E-state index in [1.54, 1.807) is 24.3 Å². The van der Waals surface area contributed by atoms with Crippen LogP contribution in [0.25, 0.3) is 22.1 Å². The van der Waals surface area contributed by atoms with E-state index in [0.717, 1.165) is 20.8 Å². The maximum Gasteiger partial charge on any atom is 0.303 e. The Morgan fingerprint density at radius 1 is 0.767 bits per heavy atom. The van der Waals surface area contributed by atoms with Crippen molar-refractivity contribution in [2.75, 3.05) is 13.7 Å². The summed E-state index contributed by atoms with van der Waals surface area (Å²) in [6.45, 7) is 4.12. The van der Waals surface area contributed by atoms with Gasteiger partial charge in [0.1, 0.15) is 36.1 Å². The lowest BCUT2D eigenvalue weighted by Crippen LogP contribution is -2.63. The number of esters is 4. The Bertz CT molecular complexity index is 1560. The van der Waals surface area contributed by atoms with Crippen molar-refractivity contribution in [1.29, 1.82) is 0 Å². The van der Waals surface area contributed by atoms with Crippen molar-refractivity contribution < 1.29 is 56.8 Å². The number of methoxy groups -OCH3 is 1. The summed E-state index contributed by atoms with van der Waals surface area (Å²) in [5, 5.41) is 0.177. The first kappa shape index (κ1) is 31.0. The zero-order chi connectivity index (χ0) is 31.3. The molecule has 4 rings (SSSR count). The fraction of sp³-hybridized carbons (Fsp3) is 0.367. The van der Waals surface area contributed by atoms with Crippen LogP contribution in [0.4, 0.5) is 0 Å². The number of carbonyl (C=O) groups excluding carboxylic acids is 4. The highest BCUT2D eigenvalue weighted by Gasteiger charge is 2.53. The molecule has 5 atom stereocenters. The van der Waals surface area contributed by atoms with E-state index < -0.39 is 61.2 Å². The minimum absolute atomic E-state index is 0.104. The average molecular weight is 599 g/mol. The van der Waals surface area contributed by atoms with Gasteiger partial charge in [-0.2, -0.15) is 0 Å². The van der Waals surface area contributed by atoms with Crippen molar-refractivity contribution in [2.45, 2.75) is 58.4 Å². The van der Waals surface area contributed by atoms with Gasteiger partial charge in [0, 0.05) is 27.7 Å². The van der Waals surface area contributed by atoms with E-state index in [0.29, 0.717) is 16.9 Å². The molecule has 2 aromatic carbocycles. The quantitative estimate of drug-likeness (QED) is 0.261. The highest BCUT2D eigenvalue weighted by atomic mass is 16.7. The van der Waals surface area contributed by atoms with Gasteiger partial charge in [-0.1, -0.05) is 12.1 Å². The molecule has 228 valence electrons. The third kappa shape index (κ3) is 7.49. The Morgan fingerprint density at radius 3 is 1.98 bits per heavy atom. The van der Waals surface area contributed by atoms with Gasteiger partial charge in [-0.15, -0.1) is 0 Å². The van der Waals surface area contributed by atoms with Crippen LogP contribution >= 0.6 is 0 Å². The number of hydrogen-bond donors (Lipinski definition) is 0. The number of hydrogen-bond acceptors (Lipinski definition) is 13. The number of ether oxygens (including phenoxy) is 7. The number of carbonyl (C=O) groups is 4. The molecule has 0 bridgehead atoms. The maximum absolute atomic E-state index is 13.5. The zero-order valence-corrected chi connectivity index (χ0v) is 24.0. The van der Waals surface area contributed by atoms with E-state index in [1.165, 1.54) is 38.5 Å². The van der Waals surface area contributed by atoms with Gasteiger partial charge in [-0.3, -0.25) is 24.0 Å². The molecular formula is C30H30O13. The van der Waals surface area contributed by atoms with Gasteiger partial charge in [0.25, 0.3) is 0 Å². The van der Waals surface area contributed by atoms with E-state index >= 15 is 0 Å². The Morgan fingerprint density at radius 2 is 1.37 bits per heavy atom. The first-order valence-electron chi connectivity index (χ1n) is 13.1. The van der Waals surface area contributed by atoms with Crippen LogP contribution in [-0.4, -0.2) is 68.3 Å². The fourth-order valence-corrected chi connectivity index (χ4v) is 4.57. The van der Waals surface area contributed by atoms with Crippen molar-refractivity contribution in [1.82, 2.24) is 0 Å². The van der Waals surface area contributed by atoms with Crippen molar-refractivity contribution in [3.05, 3.63) is 59.0 Å². The first-order valence-corrected chi connectivity index (χ1v) is 13.1. The second-order valence-electron chi connectivity index (χ2n) is 9.55. The third-order valence-corrected chi connectivity index (χ3v) is 6.35. The second-order valence-corrected chi connectivity index (χ2v) is 9.55. The zero-order valence-electron chi connectivity index (χ0n) is 24.0. The SMILES string of the molecule is COc1ccc(-c2coc3ccc(O[C@@H]4O[C@H](COC(C)=O)[C@@H](OC(C)=O)[C@H](OC(C)=O)[C@@H]4OC(C)=O)cc3c2=O)cc1. The summed E-state index contributed by atoms with van der Waals surface area (Å²) in [6.07, 6.45) is -5.47. The third-order valence-electron chi connectivity index (χ3n) is 6.35. The van der Waals surface area contributed by atoms with E-state index in [-0.39, 0.29) is 22.1 Å². The predicted octanol–water partition coefficient (Wildman–Crippen LogP) is 2.93. The van der Waals surface area contributed by atoms with Crippen molar-refractivity contribution in [3.8, 4) is 22.6 Å². The lowest BCUT2D eigenvalue weighted by Gasteiger charge is -2.43. The number of benzene rings is 2. The standard InChI is InChI=1S/C30H30O13/c1-15(31)37-14-25-27(39-16(2)32)28(40-17(3)33)29(41-18(4)34)30(43-25)42-21-10-11-24-22(12-21)26(35)23(13-38-24)19-6-8-20(36-5)9-7-19/h6-13,25,27-30H,14H2,1-5H3/t25-,27-,28+,29+,30-/m1/s1. The topological polar surface area (TPSA) is 163 Å². The summed E-state index contributed by atoms with van der Waals surface area (Å²) in [5.74, 6) is -2.23. The predicted molar refractivity (Wildman–Crippen MR) is 147 cm³/mol. The van der Waals surface area contributed by atoms with Gasteiger partial charge in [0.15, 0.2) is 12.2 Å². The van der Waals surface area contributed by atoms with Crippen LogP contribution in [0.15, 0.2) is 57.9 Å². The summed E-state index contributed by atoms with van der Waals surface area (Å²) in [6, 6.07) is 11.3. The molecular weight excluding hydrogens is 568 g/mol. The molecule has 0 amide bonds. The molecule has 1 aromatic heterocycles. The maximum atomic E-state index is 13.5. The lowest BCUT2D eigenvalue weighted by atomic mass is 9.98. The summed E-state index contributed by atoms with van der Waals surface area (Å²) in [4.78, 5) is 61.1. The molecule has 1 fully saturated rings. The van der Waals surface area contributed by atoms with Crippen LogP contribution in [0.1, 0.15) is 27.7 Å². The molecule has 1 aliphatic rings. The number of fused-ring (bicyclic) bond motifs is 1. The summed E-state index contributed by atoms with van der Waals surface area (Å²) in [5.41, 5.74) is 0.816. The van der Waals surface area contributed by atoms with E-state index in [9.17, 15) is 24.0 Å². The van der Waals surface area contributed by atoms with Crippen LogP contribution in [0.5, 0.6) is 11.5 Å². The molecule has 13 nitrogen and oxygen atoms in total. The largest absolute Gasteiger partial charge is 0.497 e. The normalized spacial score (nSPS) is 21.4. The summed E-state index contributed by atoms with van der Waals surface area (Å²) >= 11 is 0. The van der Waals surface area contributed by atoms with Gasteiger partial charge in [0.2, 0.25) is 17.8 Å². The van der Waals surface area contributed by atoms with E-state index in [1.807, 2.05) is 0 Å². The van der Waals surface area contributed by atoms with Crippen molar-refractivity contribution in [2.24, 2.45) is 0 Å². The lowest BCUT2D eigenvalue weighted by molar-refractivity contribution is -0.288. The molecule has 43 heavy (non-hydrogen) atoms. The molecule has 0 radical (unpaired) electrons. The Balaban J connectivity index is 1.73. The molecule has 1 saturated heterocycles. The molecule has 1 aliphatic heterocycles. The highest BCUT2D eigenvalue weighted by molar-refractivity contribution is 5.83. The molecule has 0 saturated carbocycles. The van der Waals surface area contributed by atoms with Crippen LogP contribution in [0.3, 0.4) is 0 Å². The van der Waals surface area contributed by atoms with E-state index in [4.69, 9.17) is 37.6 Å². The Hall–Kier alpha value is -4.91. The Labute approximate surface area is 245 Å². The fourth-order valence-electron chi connectivity index (χ4n) is 4.57. The van der Waals surface area contributed by atoms with Gasteiger partial charge >= 0.3 is 23.9 Å². The number of rotatable bonds is 9. The Kier molecular flexibility index (Phi) is 9.66.